The molecule has 3 N–H and O–H groups in total. The number of nitrogens with two attached hydrogens (primary N) is 1. The van der Waals surface area contributed by atoms with Crippen molar-refractivity contribution in [3.8, 4) is 11.8 Å². The number of anilines is 2. The quantitative estimate of drug-likeness (QED) is 0.724. The van der Waals surface area contributed by atoms with Gasteiger partial charge in [0.05, 0.1) is 11.9 Å². The molecule has 1 aliphatic rings. The number of carbonyl (C=O) groups is 1. The molecule has 1 amide bonds. The van der Waals surface area contributed by atoms with Crippen LogP contribution < -0.4 is 11.1 Å². The summed E-state index contributed by atoms with van der Waals surface area (Å²) in [6.07, 6.45) is 2.22. The number of aromatic nitrogens is 2. The van der Waals surface area contributed by atoms with Gasteiger partial charge in [-0.15, -0.1) is 0 Å². The molecule has 1 heterocycles. The lowest BCUT2D eigenvalue weighted by atomic mass is 10.1. The van der Waals surface area contributed by atoms with Crippen molar-refractivity contribution in [1.82, 2.24) is 9.78 Å². The van der Waals surface area contributed by atoms with Gasteiger partial charge in [0, 0.05) is 16.6 Å². The second-order valence-electron chi connectivity index (χ2n) is 6.47. The average molecular weight is 378 g/mol. The largest absolute Gasteiger partial charge is 0.382 e. The van der Waals surface area contributed by atoms with Crippen LogP contribution in [-0.4, -0.2) is 15.7 Å². The third-order valence-electron chi connectivity index (χ3n) is 4.74. The molecule has 1 aromatic heterocycles. The van der Waals surface area contributed by atoms with Gasteiger partial charge in [0.15, 0.2) is 0 Å². The minimum Gasteiger partial charge on any atom is -0.382 e. The van der Waals surface area contributed by atoms with Gasteiger partial charge in [-0.3, -0.25) is 4.79 Å². The molecule has 2 atom stereocenters. The summed E-state index contributed by atoms with van der Waals surface area (Å²) in [4.78, 5) is 12.5. The molecule has 134 valence electrons. The van der Waals surface area contributed by atoms with Gasteiger partial charge in [-0.25, -0.2) is 4.68 Å². The molecule has 0 saturated heterocycles. The van der Waals surface area contributed by atoms with Gasteiger partial charge in [-0.1, -0.05) is 29.8 Å². The van der Waals surface area contributed by atoms with Crippen LogP contribution in [0.25, 0.3) is 5.69 Å². The lowest BCUT2D eigenvalue weighted by molar-refractivity contribution is -0.117. The number of nitrogens with zero attached hydrogens (tertiary/aromatic N) is 3. The number of carbonyl (C=O) groups excluding carboxylic acids is 1. The summed E-state index contributed by atoms with van der Waals surface area (Å²) < 4.78 is 1.48. The minimum atomic E-state index is -0.0653. The van der Waals surface area contributed by atoms with Gasteiger partial charge < -0.3 is 11.1 Å². The summed E-state index contributed by atoms with van der Waals surface area (Å²) >= 11 is 6.22. The second kappa shape index (κ2) is 6.78. The van der Waals surface area contributed by atoms with E-state index in [1.807, 2.05) is 30.3 Å². The molecule has 3 aromatic rings. The van der Waals surface area contributed by atoms with Crippen LogP contribution in [0.5, 0.6) is 0 Å². The molecule has 0 aliphatic heterocycles. The molecule has 7 heteroatoms. The molecule has 4 rings (SSSR count). The Kier molecular flexibility index (Phi) is 4.30. The van der Waals surface area contributed by atoms with Gasteiger partial charge in [0.1, 0.15) is 17.5 Å². The summed E-state index contributed by atoms with van der Waals surface area (Å²) in [6, 6.07) is 16.8. The van der Waals surface area contributed by atoms with Crippen molar-refractivity contribution in [2.24, 2.45) is 5.92 Å². The summed E-state index contributed by atoms with van der Waals surface area (Å²) in [6.45, 7) is 0. The monoisotopic (exact) mass is 377 g/mol. The molecule has 1 saturated carbocycles. The fraction of sp³-hybridized carbons (Fsp3) is 0.150. The van der Waals surface area contributed by atoms with Crippen LogP contribution in [0, 0.1) is 17.2 Å². The zero-order valence-electron chi connectivity index (χ0n) is 14.3. The van der Waals surface area contributed by atoms with Crippen LogP contribution >= 0.6 is 11.6 Å². The molecular formula is C20H16ClN5O. The number of nitrogen functional groups attached to an aromatic ring is 1. The molecule has 2 unspecified atom stereocenters. The number of hydrogen-bond donors (Lipinski definition) is 2. The number of halogens is 1. The van der Waals surface area contributed by atoms with Crippen LogP contribution in [0.3, 0.4) is 0 Å². The molecule has 27 heavy (non-hydrogen) atoms. The maximum atomic E-state index is 12.5. The van der Waals surface area contributed by atoms with E-state index in [9.17, 15) is 4.79 Å². The Labute approximate surface area is 161 Å². The van der Waals surface area contributed by atoms with E-state index in [-0.39, 0.29) is 23.6 Å². The fourth-order valence-corrected chi connectivity index (χ4v) is 3.45. The van der Waals surface area contributed by atoms with Gasteiger partial charge >= 0.3 is 0 Å². The van der Waals surface area contributed by atoms with Crippen LogP contribution in [0.1, 0.15) is 23.5 Å². The Morgan fingerprint density at radius 2 is 2.00 bits per heavy atom. The van der Waals surface area contributed by atoms with Gasteiger partial charge in [0.25, 0.3) is 0 Å². The molecular weight excluding hydrogens is 362 g/mol. The third kappa shape index (κ3) is 3.25. The normalized spacial score (nSPS) is 17.9. The summed E-state index contributed by atoms with van der Waals surface area (Å²) in [5.41, 5.74) is 8.65. The highest BCUT2D eigenvalue weighted by molar-refractivity contribution is 6.31. The Morgan fingerprint density at radius 3 is 2.67 bits per heavy atom. The molecule has 0 radical (unpaired) electrons. The lowest BCUT2D eigenvalue weighted by Gasteiger charge is -2.08. The number of rotatable bonds is 4. The van der Waals surface area contributed by atoms with E-state index in [1.165, 1.54) is 10.9 Å². The van der Waals surface area contributed by atoms with E-state index < -0.39 is 0 Å². The van der Waals surface area contributed by atoms with Crippen LogP contribution in [0.4, 0.5) is 11.5 Å². The van der Waals surface area contributed by atoms with Gasteiger partial charge in [-0.2, -0.15) is 10.4 Å². The molecule has 1 aliphatic carbocycles. The van der Waals surface area contributed by atoms with Crippen molar-refractivity contribution in [3.63, 3.8) is 0 Å². The van der Waals surface area contributed by atoms with E-state index in [1.54, 1.807) is 24.3 Å². The Hall–Kier alpha value is -3.30. The van der Waals surface area contributed by atoms with Gasteiger partial charge in [0.2, 0.25) is 5.91 Å². The number of amides is 1. The predicted molar refractivity (Wildman–Crippen MR) is 104 cm³/mol. The molecule has 0 spiro atoms. The van der Waals surface area contributed by atoms with Crippen molar-refractivity contribution in [2.75, 3.05) is 11.1 Å². The first kappa shape index (κ1) is 17.1. The summed E-state index contributed by atoms with van der Waals surface area (Å²) in [5.74, 6) is 0.378. The summed E-state index contributed by atoms with van der Waals surface area (Å²) in [7, 11) is 0. The Morgan fingerprint density at radius 1 is 1.26 bits per heavy atom. The molecule has 1 fully saturated rings. The SMILES string of the molecule is N#Cc1cnn(-c2ccc(NC(=O)C3CC3c3ccccc3Cl)cc2)c1N. The lowest BCUT2D eigenvalue weighted by Crippen LogP contribution is -2.14. The average Bonchev–Trinajstić information content (AvgIpc) is 3.39. The smallest absolute Gasteiger partial charge is 0.228 e. The fourth-order valence-electron chi connectivity index (χ4n) is 3.18. The number of benzene rings is 2. The van der Waals surface area contributed by atoms with E-state index in [4.69, 9.17) is 22.6 Å². The van der Waals surface area contributed by atoms with Crippen LogP contribution in [-0.2, 0) is 4.79 Å². The number of hydrogen-bond acceptors (Lipinski definition) is 4. The Balaban J connectivity index is 1.43. The van der Waals surface area contributed by atoms with Crippen LogP contribution in [0.15, 0.2) is 54.7 Å². The molecule has 0 bridgehead atoms. The number of nitriles is 1. The standard InChI is InChI=1S/C20H16ClN5O/c21-18-4-2-1-3-15(18)16-9-17(16)20(27)25-13-5-7-14(8-6-13)26-19(23)12(10-22)11-24-26/h1-8,11,16-17H,9,23H2,(H,25,27). The first-order valence-corrected chi connectivity index (χ1v) is 8.85. The molecule has 2 aromatic carbocycles. The summed E-state index contributed by atoms with van der Waals surface area (Å²) in [5, 5.41) is 16.7. The topological polar surface area (TPSA) is 96.7 Å². The van der Waals surface area contributed by atoms with E-state index in [0.29, 0.717) is 22.0 Å². The zero-order valence-corrected chi connectivity index (χ0v) is 15.0. The highest BCUT2D eigenvalue weighted by atomic mass is 35.5. The zero-order chi connectivity index (χ0) is 19.0. The van der Waals surface area contributed by atoms with Crippen molar-refractivity contribution in [2.45, 2.75) is 12.3 Å². The van der Waals surface area contributed by atoms with Crippen molar-refractivity contribution in [3.05, 3.63) is 70.9 Å². The maximum absolute atomic E-state index is 12.5. The van der Waals surface area contributed by atoms with E-state index in [2.05, 4.69) is 10.4 Å². The Bertz CT molecular complexity index is 1050. The van der Waals surface area contributed by atoms with Crippen molar-refractivity contribution >= 4 is 29.0 Å². The predicted octanol–water partition coefficient (Wildman–Crippen LogP) is 3.72. The van der Waals surface area contributed by atoms with E-state index >= 15 is 0 Å². The van der Waals surface area contributed by atoms with Crippen molar-refractivity contribution in [1.29, 1.82) is 5.26 Å². The van der Waals surface area contributed by atoms with E-state index in [0.717, 1.165) is 12.0 Å². The third-order valence-corrected chi connectivity index (χ3v) is 5.08. The second-order valence-corrected chi connectivity index (χ2v) is 6.88. The van der Waals surface area contributed by atoms with Crippen LogP contribution in [0.2, 0.25) is 5.02 Å². The van der Waals surface area contributed by atoms with Gasteiger partial charge in [-0.05, 0) is 48.2 Å². The van der Waals surface area contributed by atoms with Crippen molar-refractivity contribution < 1.29 is 4.79 Å². The minimum absolute atomic E-state index is 0.0157. The maximum Gasteiger partial charge on any atom is 0.228 e. The first-order valence-electron chi connectivity index (χ1n) is 8.48. The molecule has 6 nitrogen and oxygen atoms in total. The first-order chi connectivity index (χ1) is 13.1. The highest BCUT2D eigenvalue weighted by Crippen LogP contribution is 2.50. The highest BCUT2D eigenvalue weighted by Gasteiger charge is 2.44. The number of nitrogens with one attached hydrogen (secondary N) is 1.